The van der Waals surface area contributed by atoms with Crippen LogP contribution in [0.5, 0.6) is 0 Å². The molecule has 1 aliphatic carbocycles. The van der Waals surface area contributed by atoms with E-state index in [1.54, 1.807) is 0 Å². The molecular weight excluding hydrogens is 280 g/mol. The molecule has 0 saturated heterocycles. The highest BCUT2D eigenvalue weighted by molar-refractivity contribution is 6.02. The second-order valence-electron chi connectivity index (χ2n) is 6.29. The summed E-state index contributed by atoms with van der Waals surface area (Å²) in [5.41, 5.74) is 1.09. The van der Waals surface area contributed by atoms with Gasteiger partial charge in [0.05, 0.1) is 18.1 Å². The van der Waals surface area contributed by atoms with E-state index in [0.29, 0.717) is 12.2 Å². The van der Waals surface area contributed by atoms with Crippen LogP contribution in [0.4, 0.5) is 5.69 Å². The van der Waals surface area contributed by atoms with Crippen molar-refractivity contribution in [3.8, 4) is 0 Å². The Hall–Kier alpha value is -2.04. The van der Waals surface area contributed by atoms with Crippen LogP contribution in [0.3, 0.4) is 0 Å². The molecule has 3 rings (SSSR count). The molecular formula is C17H22N2O3. The highest BCUT2D eigenvalue weighted by atomic mass is 16.5. The Labute approximate surface area is 130 Å². The highest BCUT2D eigenvalue weighted by Crippen LogP contribution is 2.40. The maximum Gasteiger partial charge on any atom is 0.309 e. The first-order chi connectivity index (χ1) is 10.5. The highest BCUT2D eigenvalue weighted by Gasteiger charge is 2.45. The number of anilines is 1. The summed E-state index contributed by atoms with van der Waals surface area (Å²) in [7, 11) is 0. The number of para-hydroxylation sites is 1. The van der Waals surface area contributed by atoms with Crippen LogP contribution >= 0.6 is 0 Å². The first-order valence-corrected chi connectivity index (χ1v) is 7.91. The molecule has 0 aromatic heterocycles. The van der Waals surface area contributed by atoms with Gasteiger partial charge in [-0.15, -0.1) is 0 Å². The van der Waals surface area contributed by atoms with Gasteiger partial charge in [0.2, 0.25) is 0 Å². The van der Waals surface area contributed by atoms with Gasteiger partial charge in [0.1, 0.15) is 5.66 Å². The Morgan fingerprint density at radius 1 is 1.36 bits per heavy atom. The van der Waals surface area contributed by atoms with E-state index in [1.165, 1.54) is 0 Å². The van der Waals surface area contributed by atoms with E-state index in [1.807, 2.05) is 31.2 Å². The maximum atomic E-state index is 12.3. The first-order valence-electron chi connectivity index (χ1n) is 7.91. The lowest BCUT2D eigenvalue weighted by Gasteiger charge is -2.46. The second kappa shape index (κ2) is 5.63. The molecule has 1 aromatic carbocycles. The molecule has 2 N–H and O–H groups in total. The van der Waals surface area contributed by atoms with Crippen molar-refractivity contribution in [1.29, 1.82) is 0 Å². The molecule has 3 atom stereocenters. The Morgan fingerprint density at radius 2 is 2.14 bits per heavy atom. The maximum absolute atomic E-state index is 12.3. The molecule has 1 aromatic rings. The van der Waals surface area contributed by atoms with Crippen molar-refractivity contribution < 1.29 is 14.3 Å². The van der Waals surface area contributed by atoms with Crippen LogP contribution in [-0.2, 0) is 9.53 Å². The number of ether oxygens (including phenoxy) is 1. The monoisotopic (exact) mass is 302 g/mol. The molecule has 5 nitrogen and oxygen atoms in total. The number of amides is 1. The minimum absolute atomic E-state index is 0.0452. The van der Waals surface area contributed by atoms with Gasteiger partial charge in [-0.05, 0) is 44.2 Å². The second-order valence-corrected chi connectivity index (χ2v) is 6.29. The zero-order valence-electron chi connectivity index (χ0n) is 13.0. The topological polar surface area (TPSA) is 67.4 Å². The molecule has 0 unspecified atom stereocenters. The van der Waals surface area contributed by atoms with Crippen molar-refractivity contribution in [3.63, 3.8) is 0 Å². The number of rotatable bonds is 2. The number of hydrogen-bond donors (Lipinski definition) is 2. The van der Waals surface area contributed by atoms with E-state index < -0.39 is 5.66 Å². The molecule has 1 spiro atoms. The van der Waals surface area contributed by atoms with E-state index in [-0.39, 0.29) is 23.7 Å². The third kappa shape index (κ3) is 2.56. The van der Waals surface area contributed by atoms with Crippen LogP contribution < -0.4 is 10.6 Å². The number of nitrogens with one attached hydrogen (secondary N) is 2. The third-order valence-electron chi connectivity index (χ3n) is 4.73. The fourth-order valence-corrected chi connectivity index (χ4v) is 3.67. The minimum Gasteiger partial charge on any atom is -0.466 e. The Kier molecular flexibility index (Phi) is 3.81. The number of hydrogen-bond acceptors (Lipinski definition) is 4. The van der Waals surface area contributed by atoms with Crippen molar-refractivity contribution in [1.82, 2.24) is 5.32 Å². The molecule has 0 radical (unpaired) electrons. The van der Waals surface area contributed by atoms with Crippen LogP contribution in [0.2, 0.25) is 0 Å². The van der Waals surface area contributed by atoms with Gasteiger partial charge in [0.25, 0.3) is 5.91 Å². The average molecular weight is 302 g/mol. The van der Waals surface area contributed by atoms with E-state index in [4.69, 9.17) is 4.74 Å². The van der Waals surface area contributed by atoms with Crippen LogP contribution in [0, 0.1) is 11.8 Å². The van der Waals surface area contributed by atoms with Crippen molar-refractivity contribution >= 4 is 17.6 Å². The van der Waals surface area contributed by atoms with Gasteiger partial charge in [-0.1, -0.05) is 19.1 Å². The molecule has 22 heavy (non-hydrogen) atoms. The lowest BCUT2D eigenvalue weighted by molar-refractivity contribution is -0.151. The quantitative estimate of drug-likeness (QED) is 0.824. The largest absolute Gasteiger partial charge is 0.466 e. The summed E-state index contributed by atoms with van der Waals surface area (Å²) in [6.07, 6.45) is 2.16. The lowest BCUT2D eigenvalue weighted by Crippen LogP contribution is -2.60. The number of carbonyl (C=O) groups is 2. The van der Waals surface area contributed by atoms with E-state index in [2.05, 4.69) is 17.6 Å². The molecule has 1 heterocycles. The minimum atomic E-state index is -0.451. The number of fused-ring (bicyclic) bond motifs is 1. The van der Waals surface area contributed by atoms with Crippen molar-refractivity contribution in [2.75, 3.05) is 11.9 Å². The molecule has 5 heteroatoms. The standard InChI is InChI=1S/C17H22N2O3/c1-3-22-16(21)12-8-9-17(10-11(12)2)18-14-7-5-4-6-13(14)15(20)19-17/h4-7,11-12,18H,3,8-10H2,1-2H3,(H,19,20)/t11-,12-,17+/m0/s1. The van der Waals surface area contributed by atoms with Crippen molar-refractivity contribution in [2.24, 2.45) is 11.8 Å². The Balaban J connectivity index is 1.78. The van der Waals surface area contributed by atoms with E-state index in [0.717, 1.165) is 24.9 Å². The zero-order valence-corrected chi connectivity index (χ0v) is 13.0. The Morgan fingerprint density at radius 3 is 2.86 bits per heavy atom. The van der Waals surface area contributed by atoms with Gasteiger partial charge in [-0.3, -0.25) is 9.59 Å². The predicted molar refractivity (Wildman–Crippen MR) is 83.4 cm³/mol. The van der Waals surface area contributed by atoms with Crippen LogP contribution in [0.15, 0.2) is 24.3 Å². The molecule has 2 aliphatic rings. The summed E-state index contributed by atoms with van der Waals surface area (Å²) in [4.78, 5) is 24.4. The van der Waals surface area contributed by atoms with Gasteiger partial charge >= 0.3 is 5.97 Å². The number of carbonyl (C=O) groups excluding carboxylic acids is 2. The number of esters is 1. The molecule has 118 valence electrons. The van der Waals surface area contributed by atoms with Gasteiger partial charge in [-0.2, -0.15) is 0 Å². The summed E-state index contributed by atoms with van der Waals surface area (Å²) in [6, 6.07) is 7.53. The average Bonchev–Trinajstić information content (AvgIpc) is 2.47. The van der Waals surface area contributed by atoms with Crippen LogP contribution in [0.25, 0.3) is 0 Å². The zero-order chi connectivity index (χ0) is 15.7. The summed E-state index contributed by atoms with van der Waals surface area (Å²) in [5.74, 6) is -0.0872. The molecule has 1 aliphatic heterocycles. The summed E-state index contributed by atoms with van der Waals surface area (Å²) in [6.45, 7) is 4.29. The molecule has 0 bridgehead atoms. The third-order valence-corrected chi connectivity index (χ3v) is 4.73. The van der Waals surface area contributed by atoms with E-state index in [9.17, 15) is 9.59 Å². The summed E-state index contributed by atoms with van der Waals surface area (Å²) < 4.78 is 5.16. The molecule has 1 saturated carbocycles. The lowest BCUT2D eigenvalue weighted by atomic mass is 9.73. The first kappa shape index (κ1) is 14.9. The van der Waals surface area contributed by atoms with E-state index >= 15 is 0 Å². The van der Waals surface area contributed by atoms with Crippen LogP contribution in [-0.4, -0.2) is 24.1 Å². The van der Waals surface area contributed by atoms with Crippen LogP contribution in [0.1, 0.15) is 43.5 Å². The fraction of sp³-hybridized carbons (Fsp3) is 0.529. The van der Waals surface area contributed by atoms with Crippen molar-refractivity contribution in [3.05, 3.63) is 29.8 Å². The van der Waals surface area contributed by atoms with Crippen molar-refractivity contribution in [2.45, 2.75) is 38.8 Å². The van der Waals surface area contributed by atoms with Gasteiger partial charge in [0, 0.05) is 5.69 Å². The molecule has 1 amide bonds. The normalized spacial score (nSPS) is 30.2. The Bertz CT molecular complexity index is 601. The van der Waals surface area contributed by atoms with Gasteiger partial charge in [0.15, 0.2) is 0 Å². The SMILES string of the molecule is CCOC(=O)[C@H]1CC[C@]2(C[C@@H]1C)NC(=O)c1ccccc1N2. The molecule has 1 fully saturated rings. The fourth-order valence-electron chi connectivity index (χ4n) is 3.67. The number of benzene rings is 1. The summed E-state index contributed by atoms with van der Waals surface area (Å²) in [5, 5.41) is 6.59. The summed E-state index contributed by atoms with van der Waals surface area (Å²) >= 11 is 0. The van der Waals surface area contributed by atoms with Gasteiger partial charge in [-0.25, -0.2) is 0 Å². The predicted octanol–water partition coefficient (Wildman–Crippen LogP) is 2.54. The smallest absolute Gasteiger partial charge is 0.309 e. The van der Waals surface area contributed by atoms with Gasteiger partial charge < -0.3 is 15.4 Å².